The molecule has 2 aromatic carbocycles. The van der Waals surface area contributed by atoms with Crippen molar-refractivity contribution in [3.8, 4) is 11.5 Å². The van der Waals surface area contributed by atoms with E-state index in [4.69, 9.17) is 14.9 Å². The maximum atomic E-state index is 12.7. The minimum Gasteiger partial charge on any atom is -0.480 e. The molecule has 9 nitrogen and oxygen atoms in total. The molecule has 2 aromatic rings. The van der Waals surface area contributed by atoms with Gasteiger partial charge in [0.1, 0.15) is 27.3 Å². The van der Waals surface area contributed by atoms with Gasteiger partial charge in [0.25, 0.3) is 0 Å². The van der Waals surface area contributed by atoms with Gasteiger partial charge >= 0.3 is 5.97 Å². The molecule has 11 heteroatoms. The van der Waals surface area contributed by atoms with Crippen molar-refractivity contribution in [2.45, 2.75) is 20.7 Å². The fourth-order valence-electron chi connectivity index (χ4n) is 2.36. The van der Waals surface area contributed by atoms with Crippen LogP contribution in [0.25, 0.3) is 0 Å². The second-order valence-corrected chi connectivity index (χ2v) is 8.96. The summed E-state index contributed by atoms with van der Waals surface area (Å²) in [5, 5.41) is 17.8. The molecule has 0 amide bonds. The number of fused-ring (bicyclic) bond motifs is 2. The van der Waals surface area contributed by atoms with Crippen molar-refractivity contribution >= 4 is 25.8 Å². The molecule has 0 bridgehead atoms. The van der Waals surface area contributed by atoms with Crippen LogP contribution >= 0.6 is 0 Å². The van der Waals surface area contributed by atoms with Gasteiger partial charge in [-0.05, 0) is 30.3 Å². The van der Waals surface area contributed by atoms with Gasteiger partial charge in [0.05, 0.1) is 11.5 Å². The molecule has 0 aliphatic carbocycles. The van der Waals surface area contributed by atoms with Gasteiger partial charge in [-0.2, -0.15) is 4.72 Å². The lowest BCUT2D eigenvalue weighted by molar-refractivity contribution is -0.139. The van der Waals surface area contributed by atoms with Crippen LogP contribution in [0, 0.1) is 0 Å². The number of ether oxygens (including phenoxy) is 1. The van der Waals surface area contributed by atoms with Crippen molar-refractivity contribution in [3.05, 3.63) is 42.5 Å². The highest BCUT2D eigenvalue weighted by Gasteiger charge is 2.33. The van der Waals surface area contributed by atoms with E-state index < -0.39 is 43.4 Å². The van der Waals surface area contributed by atoms with Gasteiger partial charge in [0.15, 0.2) is 0 Å². The molecule has 0 saturated carbocycles. The molecule has 0 aromatic heterocycles. The van der Waals surface area contributed by atoms with Crippen molar-refractivity contribution in [2.75, 3.05) is 6.61 Å². The predicted octanol–water partition coefficient (Wildman–Crippen LogP) is 0.349. The Bertz CT molecular complexity index is 1090. The summed E-state index contributed by atoms with van der Waals surface area (Å²) in [6.45, 7) is -0.964. The minimum atomic E-state index is -4.39. The largest absolute Gasteiger partial charge is 0.480 e. The molecule has 1 heterocycles. The zero-order chi connectivity index (χ0) is 19.1. The number of aliphatic carboxylic acids is 1. The zero-order valence-corrected chi connectivity index (χ0v) is 14.6. The summed E-state index contributed by atoms with van der Waals surface area (Å²) in [6, 6.07) is 7.30. The topological polar surface area (TPSA) is 147 Å². The van der Waals surface area contributed by atoms with E-state index in [1.807, 2.05) is 0 Å². The van der Waals surface area contributed by atoms with Crippen LogP contribution < -0.4 is 9.46 Å². The summed E-state index contributed by atoms with van der Waals surface area (Å²) in [5.74, 6) is -1.49. The van der Waals surface area contributed by atoms with Crippen molar-refractivity contribution in [1.29, 1.82) is 0 Å². The van der Waals surface area contributed by atoms with Crippen molar-refractivity contribution in [1.82, 2.24) is 4.72 Å². The van der Waals surface area contributed by atoms with E-state index in [0.717, 1.165) is 12.1 Å². The molecule has 138 valence electrons. The fraction of sp³-hybridized carbons (Fsp3) is 0.133. The van der Waals surface area contributed by atoms with Gasteiger partial charge in [0.2, 0.25) is 19.9 Å². The highest BCUT2D eigenvalue weighted by molar-refractivity contribution is 7.92. The molecule has 0 radical (unpaired) electrons. The summed E-state index contributed by atoms with van der Waals surface area (Å²) in [5.41, 5.74) is 0. The molecule has 0 fully saturated rings. The monoisotopic (exact) mass is 399 g/mol. The van der Waals surface area contributed by atoms with E-state index in [2.05, 4.69) is 0 Å². The Balaban J connectivity index is 2.07. The Kier molecular flexibility index (Phi) is 4.48. The Morgan fingerprint density at radius 2 is 1.77 bits per heavy atom. The molecule has 1 aliphatic rings. The molecule has 3 rings (SSSR count). The lowest BCUT2D eigenvalue weighted by Crippen LogP contribution is -2.43. The number of hydrogen-bond donors (Lipinski definition) is 3. The number of aliphatic hydroxyl groups is 1. The number of carbonyl (C=O) groups is 1. The van der Waals surface area contributed by atoms with E-state index in [1.54, 1.807) is 10.8 Å². The van der Waals surface area contributed by atoms with Crippen LogP contribution in [0.3, 0.4) is 0 Å². The van der Waals surface area contributed by atoms with Crippen LogP contribution in [0.1, 0.15) is 0 Å². The lowest BCUT2D eigenvalue weighted by Gasteiger charge is -2.21. The number of rotatable bonds is 5. The van der Waals surface area contributed by atoms with Gasteiger partial charge in [-0.15, -0.1) is 0 Å². The van der Waals surface area contributed by atoms with Crippen LogP contribution in [-0.2, 0) is 24.7 Å². The van der Waals surface area contributed by atoms with Crippen LogP contribution in [0.5, 0.6) is 11.5 Å². The highest BCUT2D eigenvalue weighted by Crippen LogP contribution is 2.42. The van der Waals surface area contributed by atoms with Gasteiger partial charge in [-0.3, -0.25) is 4.79 Å². The van der Waals surface area contributed by atoms with E-state index in [0.29, 0.717) is 0 Å². The SMILES string of the molecule is O=C(O)[C@@H](CO)NS(=O)(=O)c1ccc2c(c1)S(=O)(=O)c1ccccc1O2. The van der Waals surface area contributed by atoms with Gasteiger partial charge in [-0.1, -0.05) is 12.1 Å². The average molecular weight is 399 g/mol. The van der Waals surface area contributed by atoms with E-state index in [-0.39, 0.29) is 21.3 Å². The standard InChI is InChI=1S/C15H13NO8S2/c17-8-10(15(18)19)16-26(22,23)9-5-6-12-14(7-9)25(20,21)13-4-2-1-3-11(13)24-12/h1-7,10,16-17H,8H2,(H,18,19)/t10-/m1/s1. The Morgan fingerprint density at radius 3 is 2.42 bits per heavy atom. The van der Waals surface area contributed by atoms with Crippen molar-refractivity contribution in [3.63, 3.8) is 0 Å². The second-order valence-electron chi connectivity index (χ2n) is 5.36. The van der Waals surface area contributed by atoms with Crippen molar-refractivity contribution in [2.24, 2.45) is 0 Å². The van der Waals surface area contributed by atoms with Crippen LogP contribution in [0.2, 0.25) is 0 Å². The molecule has 0 spiro atoms. The number of para-hydroxylation sites is 1. The molecular formula is C15H13NO8S2. The average Bonchev–Trinajstić information content (AvgIpc) is 2.59. The summed E-state index contributed by atoms with van der Waals surface area (Å²) in [4.78, 5) is 9.99. The number of sulfone groups is 1. The first-order valence-corrected chi connectivity index (χ1v) is 10.2. The van der Waals surface area contributed by atoms with Gasteiger partial charge in [-0.25, -0.2) is 16.8 Å². The third-order valence-corrected chi connectivity index (χ3v) is 6.94. The first-order chi connectivity index (χ1) is 12.2. The molecule has 1 atom stereocenters. The number of aliphatic hydroxyl groups excluding tert-OH is 1. The third-order valence-electron chi connectivity index (χ3n) is 3.65. The number of carboxylic acid groups (broad SMARTS) is 1. The van der Waals surface area contributed by atoms with Crippen LogP contribution in [-0.4, -0.2) is 45.7 Å². The molecule has 1 aliphatic heterocycles. The normalized spacial score (nSPS) is 16.0. The van der Waals surface area contributed by atoms with Gasteiger partial charge < -0.3 is 14.9 Å². The summed E-state index contributed by atoms with van der Waals surface area (Å²) < 4.78 is 57.4. The molecule has 3 N–H and O–H groups in total. The van der Waals surface area contributed by atoms with E-state index in [1.165, 1.54) is 24.3 Å². The Labute approximate surface area is 148 Å². The quantitative estimate of drug-likeness (QED) is 0.557. The molecule has 0 unspecified atom stereocenters. The number of benzene rings is 2. The summed E-state index contributed by atoms with van der Waals surface area (Å²) in [6.07, 6.45) is 0. The predicted molar refractivity (Wildman–Crippen MR) is 87.2 cm³/mol. The van der Waals surface area contributed by atoms with E-state index >= 15 is 0 Å². The summed E-state index contributed by atoms with van der Waals surface area (Å²) >= 11 is 0. The Morgan fingerprint density at radius 1 is 1.12 bits per heavy atom. The minimum absolute atomic E-state index is 0.0420. The number of hydrogen-bond acceptors (Lipinski definition) is 7. The van der Waals surface area contributed by atoms with Crippen LogP contribution in [0.15, 0.2) is 57.2 Å². The maximum absolute atomic E-state index is 12.7. The van der Waals surface area contributed by atoms with Crippen LogP contribution in [0.4, 0.5) is 0 Å². The van der Waals surface area contributed by atoms with E-state index in [9.17, 15) is 21.6 Å². The molecule has 0 saturated heterocycles. The second kappa shape index (κ2) is 6.36. The fourth-order valence-corrected chi connectivity index (χ4v) is 5.17. The first-order valence-electron chi connectivity index (χ1n) is 7.19. The number of sulfonamides is 1. The number of carboxylic acids is 1. The third kappa shape index (κ3) is 3.05. The Hall–Kier alpha value is -2.47. The smallest absolute Gasteiger partial charge is 0.324 e. The maximum Gasteiger partial charge on any atom is 0.324 e. The van der Waals surface area contributed by atoms with Crippen molar-refractivity contribution < 1.29 is 36.6 Å². The summed E-state index contributed by atoms with van der Waals surface area (Å²) in [7, 11) is -8.41. The molecule has 26 heavy (non-hydrogen) atoms. The molecular weight excluding hydrogens is 386 g/mol. The lowest BCUT2D eigenvalue weighted by atomic mass is 10.3. The highest BCUT2D eigenvalue weighted by atomic mass is 32.2. The van der Waals surface area contributed by atoms with Gasteiger partial charge in [0, 0.05) is 0 Å². The number of nitrogens with one attached hydrogen (secondary N) is 1. The zero-order valence-electron chi connectivity index (χ0n) is 13.0. The first kappa shape index (κ1) is 18.3.